The van der Waals surface area contributed by atoms with Gasteiger partial charge >= 0.3 is 0 Å². The van der Waals surface area contributed by atoms with Crippen molar-refractivity contribution in [3.63, 3.8) is 0 Å². The van der Waals surface area contributed by atoms with Crippen LogP contribution in [0.5, 0.6) is 5.75 Å². The Morgan fingerprint density at radius 1 is 1.06 bits per heavy atom. The van der Waals surface area contributed by atoms with E-state index in [1.54, 1.807) is 37.2 Å². The fourth-order valence-electron chi connectivity index (χ4n) is 5.04. The largest absolute Gasteiger partial charge is 0.497 e. The van der Waals surface area contributed by atoms with Gasteiger partial charge < -0.3 is 19.9 Å². The summed E-state index contributed by atoms with van der Waals surface area (Å²) in [6.07, 6.45) is 3.44. The minimum Gasteiger partial charge on any atom is -0.497 e. The van der Waals surface area contributed by atoms with Crippen LogP contribution in [-0.2, 0) is 7.05 Å². The number of rotatable bonds is 5. The number of anilines is 2. The van der Waals surface area contributed by atoms with Gasteiger partial charge in [0.1, 0.15) is 5.75 Å². The Kier molecular flexibility index (Phi) is 5.09. The van der Waals surface area contributed by atoms with Gasteiger partial charge in [0.15, 0.2) is 0 Å². The Hall–Kier alpha value is -3.39. The number of fused-ring (bicyclic) bond motifs is 1. The van der Waals surface area contributed by atoms with Gasteiger partial charge in [-0.3, -0.25) is 14.3 Å². The number of hydrogen-bond acceptors (Lipinski definition) is 7. The second-order valence-corrected chi connectivity index (χ2v) is 8.64. The highest BCUT2D eigenvalue weighted by Gasteiger charge is 2.52. The first-order valence-electron chi connectivity index (χ1n) is 10.8. The van der Waals surface area contributed by atoms with Crippen molar-refractivity contribution in [3.8, 4) is 17.0 Å². The molecule has 2 atom stereocenters. The summed E-state index contributed by atoms with van der Waals surface area (Å²) in [4.78, 5) is 26.3. The van der Waals surface area contributed by atoms with Crippen molar-refractivity contribution in [1.29, 1.82) is 0 Å². The SMILES string of the molecule is CN[C@]12CN(c3ccc(OC)cc3)C[C@H]1CN(c1nc(-c3ccncc3)cc(=O)n1C)C2. The molecule has 2 aromatic heterocycles. The number of nitrogens with one attached hydrogen (secondary N) is 1. The van der Waals surface area contributed by atoms with E-state index in [9.17, 15) is 4.79 Å². The number of ether oxygens (including phenoxy) is 1. The van der Waals surface area contributed by atoms with E-state index in [-0.39, 0.29) is 11.1 Å². The van der Waals surface area contributed by atoms with E-state index in [0.717, 1.165) is 37.5 Å². The molecule has 0 radical (unpaired) electrons. The minimum atomic E-state index is -0.0652. The van der Waals surface area contributed by atoms with Gasteiger partial charge in [0.25, 0.3) is 5.56 Å². The van der Waals surface area contributed by atoms with Gasteiger partial charge in [-0.15, -0.1) is 0 Å². The third-order valence-electron chi connectivity index (χ3n) is 6.91. The number of likely N-dealkylation sites (N-methyl/N-ethyl adjacent to an activating group) is 1. The smallest absolute Gasteiger partial charge is 0.255 e. The molecule has 2 aliphatic rings. The number of pyridine rings is 1. The van der Waals surface area contributed by atoms with Crippen LogP contribution in [0.3, 0.4) is 0 Å². The average molecular weight is 433 g/mol. The quantitative estimate of drug-likeness (QED) is 0.659. The third kappa shape index (κ3) is 3.40. The normalized spacial score (nSPS) is 22.3. The maximum absolute atomic E-state index is 12.7. The molecule has 0 spiro atoms. The summed E-state index contributed by atoms with van der Waals surface area (Å²) >= 11 is 0. The van der Waals surface area contributed by atoms with Gasteiger partial charge in [0.05, 0.1) is 18.3 Å². The highest BCUT2D eigenvalue weighted by atomic mass is 16.5. The minimum absolute atomic E-state index is 0.0581. The van der Waals surface area contributed by atoms with Crippen LogP contribution in [0.15, 0.2) is 59.7 Å². The van der Waals surface area contributed by atoms with Crippen LogP contribution in [0.2, 0.25) is 0 Å². The molecule has 0 bridgehead atoms. The molecular formula is C24H28N6O2. The zero-order valence-corrected chi connectivity index (χ0v) is 18.7. The maximum Gasteiger partial charge on any atom is 0.255 e. The highest BCUT2D eigenvalue weighted by Crippen LogP contribution is 2.39. The zero-order valence-electron chi connectivity index (χ0n) is 18.7. The molecule has 4 heterocycles. The molecule has 0 amide bonds. The van der Waals surface area contributed by atoms with E-state index in [1.807, 2.05) is 31.3 Å². The molecule has 0 saturated carbocycles. The highest BCUT2D eigenvalue weighted by molar-refractivity contribution is 5.60. The number of hydrogen-bond donors (Lipinski definition) is 1. The number of aromatic nitrogens is 3. The Balaban J connectivity index is 1.42. The predicted molar refractivity (Wildman–Crippen MR) is 125 cm³/mol. The van der Waals surface area contributed by atoms with E-state index in [1.165, 1.54) is 5.69 Å². The van der Waals surface area contributed by atoms with E-state index in [4.69, 9.17) is 9.72 Å². The number of methoxy groups -OCH3 is 1. The number of benzene rings is 1. The monoisotopic (exact) mass is 432 g/mol. The molecule has 0 unspecified atom stereocenters. The number of nitrogens with zero attached hydrogens (tertiary/aromatic N) is 5. The molecule has 2 aliphatic heterocycles. The molecule has 0 aliphatic carbocycles. The summed E-state index contributed by atoms with van der Waals surface area (Å²) in [6, 6.07) is 13.6. The molecule has 1 N–H and O–H groups in total. The molecule has 32 heavy (non-hydrogen) atoms. The Bertz CT molecular complexity index is 1160. The summed E-state index contributed by atoms with van der Waals surface area (Å²) in [5, 5.41) is 3.61. The first-order chi connectivity index (χ1) is 15.5. The standard InChI is InChI=1S/C24H28N6O2/c1-25-24-15-29(19-4-6-20(32-3)7-5-19)13-18(24)14-30(16-24)23-27-21(12-22(31)28(23)2)17-8-10-26-11-9-17/h4-12,18,25H,13-16H2,1-3H3/t18-,24-/m0/s1. The lowest BCUT2D eigenvalue weighted by molar-refractivity contribution is 0.360. The van der Waals surface area contributed by atoms with Gasteiger partial charge in [0, 0.05) is 68.9 Å². The van der Waals surface area contributed by atoms with E-state index in [0.29, 0.717) is 17.6 Å². The summed E-state index contributed by atoms with van der Waals surface area (Å²) < 4.78 is 6.95. The Morgan fingerprint density at radius 3 is 2.41 bits per heavy atom. The third-order valence-corrected chi connectivity index (χ3v) is 6.91. The predicted octanol–water partition coefficient (Wildman–Crippen LogP) is 1.77. The summed E-state index contributed by atoms with van der Waals surface area (Å²) in [7, 11) is 5.52. The summed E-state index contributed by atoms with van der Waals surface area (Å²) in [5.74, 6) is 1.99. The zero-order chi connectivity index (χ0) is 22.3. The molecule has 8 nitrogen and oxygen atoms in total. The molecule has 1 aromatic carbocycles. The fraction of sp³-hybridized carbons (Fsp3) is 0.375. The molecule has 2 saturated heterocycles. The van der Waals surface area contributed by atoms with Gasteiger partial charge in [-0.05, 0) is 43.4 Å². The van der Waals surface area contributed by atoms with Crippen LogP contribution in [-0.4, -0.2) is 60.4 Å². The molecular weight excluding hydrogens is 404 g/mol. The van der Waals surface area contributed by atoms with Crippen LogP contribution >= 0.6 is 0 Å². The fourth-order valence-corrected chi connectivity index (χ4v) is 5.04. The van der Waals surface area contributed by atoms with Gasteiger partial charge in [0.2, 0.25) is 5.95 Å². The van der Waals surface area contributed by atoms with Crippen LogP contribution < -0.4 is 25.4 Å². The van der Waals surface area contributed by atoms with Crippen molar-refractivity contribution in [3.05, 3.63) is 65.2 Å². The molecule has 8 heteroatoms. The summed E-state index contributed by atoms with van der Waals surface area (Å²) in [5.41, 5.74) is 2.65. The van der Waals surface area contributed by atoms with E-state index >= 15 is 0 Å². The van der Waals surface area contributed by atoms with Crippen LogP contribution in [0.1, 0.15) is 0 Å². The van der Waals surface area contributed by atoms with Gasteiger partial charge in [-0.2, -0.15) is 0 Å². The van der Waals surface area contributed by atoms with Gasteiger partial charge in [-0.25, -0.2) is 4.98 Å². The molecule has 2 fully saturated rings. The van der Waals surface area contributed by atoms with Crippen molar-refractivity contribution < 1.29 is 4.74 Å². The summed E-state index contributed by atoms with van der Waals surface area (Å²) in [6.45, 7) is 3.48. The van der Waals surface area contributed by atoms with Crippen molar-refractivity contribution in [2.75, 3.05) is 50.1 Å². The second-order valence-electron chi connectivity index (χ2n) is 8.64. The topological polar surface area (TPSA) is 75.5 Å². The molecule has 166 valence electrons. The Labute approximate surface area is 187 Å². The first kappa shape index (κ1) is 20.5. The lowest BCUT2D eigenvalue weighted by Gasteiger charge is -2.30. The van der Waals surface area contributed by atoms with Crippen molar-refractivity contribution in [2.24, 2.45) is 13.0 Å². The lowest BCUT2D eigenvalue weighted by Crippen LogP contribution is -2.51. The van der Waals surface area contributed by atoms with Crippen LogP contribution in [0.25, 0.3) is 11.3 Å². The van der Waals surface area contributed by atoms with Crippen molar-refractivity contribution >= 4 is 11.6 Å². The first-order valence-corrected chi connectivity index (χ1v) is 10.8. The average Bonchev–Trinajstić information content (AvgIpc) is 3.36. The van der Waals surface area contributed by atoms with E-state index in [2.05, 4.69) is 32.2 Å². The van der Waals surface area contributed by atoms with Gasteiger partial charge in [-0.1, -0.05) is 0 Å². The van der Waals surface area contributed by atoms with Crippen molar-refractivity contribution in [2.45, 2.75) is 5.54 Å². The maximum atomic E-state index is 12.7. The Morgan fingerprint density at radius 2 is 1.75 bits per heavy atom. The van der Waals surface area contributed by atoms with Crippen molar-refractivity contribution in [1.82, 2.24) is 19.9 Å². The van der Waals surface area contributed by atoms with Crippen LogP contribution in [0, 0.1) is 5.92 Å². The second kappa shape index (κ2) is 7.94. The van der Waals surface area contributed by atoms with Crippen LogP contribution in [0.4, 0.5) is 11.6 Å². The molecule has 3 aromatic rings. The molecule has 5 rings (SSSR count). The van der Waals surface area contributed by atoms with E-state index < -0.39 is 0 Å². The lowest BCUT2D eigenvalue weighted by atomic mass is 9.91.